The van der Waals surface area contributed by atoms with Crippen molar-refractivity contribution >= 4 is 17.4 Å². The van der Waals surface area contributed by atoms with E-state index in [-0.39, 0.29) is 5.78 Å². The van der Waals surface area contributed by atoms with Crippen LogP contribution < -0.4 is 0 Å². The molecule has 0 atom stereocenters. The quantitative estimate of drug-likeness (QED) is 0.572. The van der Waals surface area contributed by atoms with Gasteiger partial charge in [0.15, 0.2) is 5.78 Å². The average Bonchev–Trinajstić information content (AvgIpc) is 2.26. The number of carbonyl (C=O) groups excluding carboxylic acids is 1. The molecule has 1 aromatic carbocycles. The molecule has 2 heteroatoms. The summed E-state index contributed by atoms with van der Waals surface area (Å²) in [7, 11) is 0. The standard InChI is InChI=1S/C15H19ClO/c1-15(2,10-16)14(17)13-8-4-7-12(9-13)11-5-3-6-11/h4,7-9,11H,3,5-6,10H2,1-2H3. The molecule has 0 unspecified atom stereocenters. The third-order valence-electron chi connectivity index (χ3n) is 3.67. The van der Waals surface area contributed by atoms with E-state index in [1.165, 1.54) is 24.8 Å². The van der Waals surface area contributed by atoms with Gasteiger partial charge in [-0.2, -0.15) is 0 Å². The number of hydrogen-bond donors (Lipinski definition) is 0. The molecule has 1 aliphatic carbocycles. The first-order valence-electron chi connectivity index (χ1n) is 6.25. The zero-order valence-corrected chi connectivity index (χ0v) is 11.3. The maximum Gasteiger partial charge on any atom is 0.169 e. The fourth-order valence-corrected chi connectivity index (χ4v) is 2.25. The van der Waals surface area contributed by atoms with Crippen LogP contribution in [0.25, 0.3) is 0 Å². The molecule has 0 amide bonds. The topological polar surface area (TPSA) is 17.1 Å². The zero-order chi connectivity index (χ0) is 12.5. The molecule has 0 N–H and O–H groups in total. The SMILES string of the molecule is CC(C)(CCl)C(=O)c1cccc(C2CCC2)c1. The molecule has 92 valence electrons. The van der Waals surface area contributed by atoms with E-state index in [1.54, 1.807) is 0 Å². The fraction of sp³-hybridized carbons (Fsp3) is 0.533. The summed E-state index contributed by atoms with van der Waals surface area (Å²) in [4.78, 5) is 12.3. The van der Waals surface area contributed by atoms with E-state index < -0.39 is 5.41 Å². The first-order valence-corrected chi connectivity index (χ1v) is 6.79. The first-order chi connectivity index (χ1) is 8.04. The minimum atomic E-state index is -0.472. The van der Waals surface area contributed by atoms with Gasteiger partial charge in [0, 0.05) is 16.9 Å². The molecule has 0 saturated heterocycles. The Labute approximate surface area is 108 Å². The number of carbonyl (C=O) groups is 1. The molecule has 0 heterocycles. The monoisotopic (exact) mass is 250 g/mol. The Hall–Kier alpha value is -0.820. The first kappa shape index (κ1) is 12.6. The summed E-state index contributed by atoms with van der Waals surface area (Å²) in [5, 5.41) is 0. The van der Waals surface area contributed by atoms with Crippen molar-refractivity contribution in [1.82, 2.24) is 0 Å². The third kappa shape index (κ3) is 2.55. The molecule has 1 aromatic rings. The highest BCUT2D eigenvalue weighted by atomic mass is 35.5. The zero-order valence-electron chi connectivity index (χ0n) is 10.5. The van der Waals surface area contributed by atoms with Crippen LogP contribution in [0.2, 0.25) is 0 Å². The molecule has 0 bridgehead atoms. The van der Waals surface area contributed by atoms with Gasteiger partial charge >= 0.3 is 0 Å². The number of alkyl halides is 1. The maximum absolute atomic E-state index is 12.3. The molecule has 0 aromatic heterocycles. The van der Waals surface area contributed by atoms with Gasteiger partial charge in [0.1, 0.15) is 0 Å². The second-order valence-electron chi connectivity index (χ2n) is 5.60. The minimum Gasteiger partial charge on any atom is -0.294 e. The van der Waals surface area contributed by atoms with Crippen molar-refractivity contribution in [2.24, 2.45) is 5.41 Å². The van der Waals surface area contributed by atoms with Crippen LogP contribution in [0.1, 0.15) is 54.9 Å². The van der Waals surface area contributed by atoms with Crippen molar-refractivity contribution in [1.29, 1.82) is 0 Å². The van der Waals surface area contributed by atoms with E-state index in [9.17, 15) is 4.79 Å². The minimum absolute atomic E-state index is 0.147. The lowest BCUT2D eigenvalue weighted by atomic mass is 9.78. The largest absolute Gasteiger partial charge is 0.294 e. The molecular formula is C15H19ClO. The van der Waals surface area contributed by atoms with Gasteiger partial charge in [-0.05, 0) is 30.4 Å². The summed E-state index contributed by atoms with van der Waals surface area (Å²) < 4.78 is 0. The molecule has 2 rings (SSSR count). The van der Waals surface area contributed by atoms with E-state index in [2.05, 4.69) is 12.1 Å². The second-order valence-corrected chi connectivity index (χ2v) is 5.87. The number of rotatable bonds is 4. The van der Waals surface area contributed by atoms with Gasteiger partial charge in [0.05, 0.1) is 0 Å². The van der Waals surface area contributed by atoms with Crippen LogP contribution in [0.15, 0.2) is 24.3 Å². The third-order valence-corrected chi connectivity index (χ3v) is 4.34. The van der Waals surface area contributed by atoms with Crippen LogP contribution in [-0.2, 0) is 0 Å². The summed E-state index contributed by atoms with van der Waals surface area (Å²) >= 11 is 5.86. The van der Waals surface area contributed by atoms with E-state index in [1.807, 2.05) is 26.0 Å². The maximum atomic E-state index is 12.3. The van der Waals surface area contributed by atoms with Gasteiger partial charge in [-0.3, -0.25) is 4.79 Å². The fourth-order valence-electron chi connectivity index (χ4n) is 2.13. The van der Waals surface area contributed by atoms with Crippen molar-refractivity contribution in [3.63, 3.8) is 0 Å². The van der Waals surface area contributed by atoms with E-state index in [4.69, 9.17) is 11.6 Å². The van der Waals surface area contributed by atoms with Gasteiger partial charge in [-0.25, -0.2) is 0 Å². The number of hydrogen-bond acceptors (Lipinski definition) is 1. The molecule has 1 aliphatic rings. The Morgan fingerprint density at radius 3 is 2.65 bits per heavy atom. The van der Waals surface area contributed by atoms with Gasteiger partial charge in [-0.15, -0.1) is 11.6 Å². The van der Waals surface area contributed by atoms with Crippen molar-refractivity contribution in [2.45, 2.75) is 39.0 Å². The van der Waals surface area contributed by atoms with Crippen molar-refractivity contribution in [3.8, 4) is 0 Å². The Kier molecular flexibility index (Phi) is 3.58. The summed E-state index contributed by atoms with van der Waals surface area (Å²) in [6.45, 7) is 3.80. The van der Waals surface area contributed by atoms with Crippen LogP contribution >= 0.6 is 11.6 Å². The molecule has 1 saturated carbocycles. The summed E-state index contributed by atoms with van der Waals surface area (Å²) in [5.41, 5.74) is 1.65. The van der Waals surface area contributed by atoms with E-state index >= 15 is 0 Å². The molecule has 0 radical (unpaired) electrons. The molecule has 1 fully saturated rings. The van der Waals surface area contributed by atoms with Crippen LogP contribution in [-0.4, -0.2) is 11.7 Å². The summed E-state index contributed by atoms with van der Waals surface area (Å²) in [6, 6.07) is 8.08. The summed E-state index contributed by atoms with van der Waals surface area (Å²) in [6.07, 6.45) is 3.84. The predicted octanol–water partition coefficient (Wildman–Crippen LogP) is 4.40. The predicted molar refractivity (Wildman–Crippen MR) is 71.9 cm³/mol. The Bertz CT molecular complexity index is 419. The van der Waals surface area contributed by atoms with Gasteiger partial charge < -0.3 is 0 Å². The van der Waals surface area contributed by atoms with Gasteiger partial charge in [0.25, 0.3) is 0 Å². The molecule has 1 nitrogen and oxygen atoms in total. The van der Waals surface area contributed by atoms with Crippen molar-refractivity contribution < 1.29 is 4.79 Å². The summed E-state index contributed by atoms with van der Waals surface area (Å²) in [5.74, 6) is 1.18. The second kappa shape index (κ2) is 4.81. The van der Waals surface area contributed by atoms with Crippen LogP contribution in [0.3, 0.4) is 0 Å². The van der Waals surface area contributed by atoms with Crippen LogP contribution in [0.4, 0.5) is 0 Å². The number of benzene rings is 1. The van der Waals surface area contributed by atoms with Crippen molar-refractivity contribution in [2.75, 3.05) is 5.88 Å². The lowest BCUT2D eigenvalue weighted by molar-refractivity contribution is 0.0862. The van der Waals surface area contributed by atoms with Crippen molar-refractivity contribution in [3.05, 3.63) is 35.4 Å². The number of ketones is 1. The highest BCUT2D eigenvalue weighted by molar-refractivity contribution is 6.21. The highest BCUT2D eigenvalue weighted by Crippen LogP contribution is 2.37. The van der Waals surface area contributed by atoms with Gasteiger partial charge in [-0.1, -0.05) is 38.5 Å². The Morgan fingerprint density at radius 2 is 2.12 bits per heavy atom. The Balaban J connectivity index is 2.23. The number of halogens is 1. The normalized spacial score (nSPS) is 16.6. The molecule has 17 heavy (non-hydrogen) atoms. The average molecular weight is 251 g/mol. The Morgan fingerprint density at radius 1 is 1.41 bits per heavy atom. The lowest BCUT2D eigenvalue weighted by Gasteiger charge is -2.27. The lowest BCUT2D eigenvalue weighted by Crippen LogP contribution is -2.26. The molecule has 0 spiro atoms. The van der Waals surface area contributed by atoms with E-state index in [0.29, 0.717) is 11.8 Å². The van der Waals surface area contributed by atoms with Crippen LogP contribution in [0.5, 0.6) is 0 Å². The van der Waals surface area contributed by atoms with Gasteiger partial charge in [0.2, 0.25) is 0 Å². The van der Waals surface area contributed by atoms with Crippen LogP contribution in [0, 0.1) is 5.41 Å². The van der Waals surface area contributed by atoms with E-state index in [0.717, 1.165) is 5.56 Å². The number of Topliss-reactive ketones (excluding diaryl/α,β-unsaturated/α-hetero) is 1. The smallest absolute Gasteiger partial charge is 0.169 e. The molecule has 0 aliphatic heterocycles. The highest BCUT2D eigenvalue weighted by Gasteiger charge is 2.28. The molecular weight excluding hydrogens is 232 g/mol.